The van der Waals surface area contributed by atoms with Crippen LogP contribution in [0.5, 0.6) is 0 Å². The summed E-state index contributed by atoms with van der Waals surface area (Å²) >= 11 is 0. The van der Waals surface area contributed by atoms with Crippen molar-refractivity contribution in [2.24, 2.45) is 0 Å². The molecule has 1 amide bonds. The molecule has 1 aliphatic heterocycles. The monoisotopic (exact) mass is 836 g/mol. The molecule has 346 valence electrons. The van der Waals surface area contributed by atoms with Crippen LogP contribution in [-0.4, -0.2) is 87.5 Å². The molecular formula is C50H93NO8. The lowest BCUT2D eigenvalue weighted by Gasteiger charge is -2.40. The topological polar surface area (TPSA) is 149 Å². The van der Waals surface area contributed by atoms with Gasteiger partial charge in [0.15, 0.2) is 6.29 Å². The SMILES string of the molecule is CCCCCC/C=C/CC/C=C/C(O)C(COC1OC(CO)C(O)C(O)C1O)NC(=O)CCCCCCCCCCCC/C=C\CCCCCCCCCCCCCC. The van der Waals surface area contributed by atoms with Crippen LogP contribution in [0.1, 0.15) is 219 Å². The zero-order valence-corrected chi connectivity index (χ0v) is 38.0. The molecule has 1 heterocycles. The van der Waals surface area contributed by atoms with Gasteiger partial charge in [-0.25, -0.2) is 0 Å². The van der Waals surface area contributed by atoms with Crippen LogP contribution in [0.4, 0.5) is 0 Å². The maximum atomic E-state index is 12.9. The molecule has 1 aliphatic rings. The predicted octanol–water partition coefficient (Wildman–Crippen LogP) is 10.8. The predicted molar refractivity (Wildman–Crippen MR) is 244 cm³/mol. The zero-order valence-electron chi connectivity index (χ0n) is 38.0. The van der Waals surface area contributed by atoms with Crippen molar-refractivity contribution in [2.45, 2.75) is 262 Å². The van der Waals surface area contributed by atoms with Crippen molar-refractivity contribution in [1.82, 2.24) is 5.32 Å². The molecule has 9 heteroatoms. The molecule has 0 aromatic heterocycles. The highest BCUT2D eigenvalue weighted by Gasteiger charge is 2.44. The molecule has 0 aliphatic carbocycles. The van der Waals surface area contributed by atoms with Crippen molar-refractivity contribution in [2.75, 3.05) is 13.2 Å². The van der Waals surface area contributed by atoms with Gasteiger partial charge in [-0.15, -0.1) is 0 Å². The van der Waals surface area contributed by atoms with Crippen LogP contribution < -0.4 is 5.32 Å². The van der Waals surface area contributed by atoms with E-state index in [1.807, 2.05) is 6.08 Å². The minimum absolute atomic E-state index is 0.190. The lowest BCUT2D eigenvalue weighted by molar-refractivity contribution is -0.302. The highest BCUT2D eigenvalue weighted by Crippen LogP contribution is 2.23. The van der Waals surface area contributed by atoms with E-state index in [4.69, 9.17) is 9.47 Å². The molecule has 1 rings (SSSR count). The minimum Gasteiger partial charge on any atom is -0.394 e. The number of aliphatic hydroxyl groups excluding tert-OH is 5. The third-order valence-corrected chi connectivity index (χ3v) is 11.7. The van der Waals surface area contributed by atoms with E-state index in [-0.39, 0.29) is 12.5 Å². The summed E-state index contributed by atoms with van der Waals surface area (Å²) in [6.07, 6.45) is 43.6. The number of carbonyl (C=O) groups is 1. The number of hydrogen-bond donors (Lipinski definition) is 6. The van der Waals surface area contributed by atoms with Gasteiger partial charge in [0.1, 0.15) is 24.4 Å². The quantitative estimate of drug-likeness (QED) is 0.0263. The van der Waals surface area contributed by atoms with Crippen molar-refractivity contribution < 1.29 is 39.8 Å². The Hall–Kier alpha value is -1.59. The number of rotatable bonds is 41. The standard InChI is InChI=1S/C50H93NO8/c1-3-5-7-9-11-13-15-16-17-18-19-20-21-22-23-24-25-26-27-28-29-30-32-34-36-38-40-46(54)51-43(42-58-50-49(57)48(56)47(55)45(41-52)59-50)44(53)39-37-35-33-31-14-12-10-8-6-4-2/h14,22-23,31,37,39,43-45,47-50,52-53,55-57H,3-13,15-21,24-30,32-36,38,40-42H2,1-2H3,(H,51,54)/b23-22-,31-14+,39-37+. The first-order valence-electron chi connectivity index (χ1n) is 24.7. The molecule has 0 radical (unpaired) electrons. The lowest BCUT2D eigenvalue weighted by atomic mass is 9.99. The van der Waals surface area contributed by atoms with Crippen molar-refractivity contribution in [1.29, 1.82) is 0 Å². The Morgan fingerprint density at radius 2 is 0.966 bits per heavy atom. The molecule has 0 spiro atoms. The van der Waals surface area contributed by atoms with Crippen LogP contribution in [-0.2, 0) is 14.3 Å². The summed E-state index contributed by atoms with van der Waals surface area (Å²) in [5.74, 6) is -0.190. The van der Waals surface area contributed by atoms with E-state index in [9.17, 15) is 30.3 Å². The molecule has 1 fully saturated rings. The summed E-state index contributed by atoms with van der Waals surface area (Å²) in [5.41, 5.74) is 0. The van der Waals surface area contributed by atoms with E-state index < -0.39 is 49.5 Å². The van der Waals surface area contributed by atoms with Crippen molar-refractivity contribution in [3.05, 3.63) is 36.5 Å². The largest absolute Gasteiger partial charge is 0.394 e. The fourth-order valence-corrected chi connectivity index (χ4v) is 7.70. The fraction of sp³-hybridized carbons (Fsp3) is 0.860. The Bertz CT molecular complexity index is 1020. The smallest absolute Gasteiger partial charge is 0.220 e. The number of unbranched alkanes of at least 4 members (excludes halogenated alkanes) is 27. The number of allylic oxidation sites excluding steroid dienone is 5. The van der Waals surface area contributed by atoms with E-state index in [1.165, 1.54) is 161 Å². The Labute approximate surface area is 361 Å². The van der Waals surface area contributed by atoms with E-state index >= 15 is 0 Å². The van der Waals surface area contributed by atoms with Crippen LogP contribution >= 0.6 is 0 Å². The van der Waals surface area contributed by atoms with E-state index in [0.29, 0.717) is 6.42 Å². The maximum Gasteiger partial charge on any atom is 0.220 e. The Balaban J connectivity index is 2.20. The van der Waals surface area contributed by atoms with E-state index in [0.717, 1.165) is 38.5 Å². The molecular weight excluding hydrogens is 743 g/mol. The molecule has 7 unspecified atom stereocenters. The summed E-state index contributed by atoms with van der Waals surface area (Å²) in [5, 5.41) is 54.1. The first-order chi connectivity index (χ1) is 28.8. The minimum atomic E-state index is -1.57. The molecule has 6 N–H and O–H groups in total. The lowest BCUT2D eigenvalue weighted by Crippen LogP contribution is -2.60. The average Bonchev–Trinajstić information content (AvgIpc) is 3.23. The number of ether oxygens (including phenoxy) is 2. The molecule has 0 aromatic rings. The number of hydrogen-bond acceptors (Lipinski definition) is 8. The normalized spacial score (nSPS) is 21.0. The first kappa shape index (κ1) is 55.4. The molecule has 0 bridgehead atoms. The van der Waals surface area contributed by atoms with Crippen molar-refractivity contribution in [3.8, 4) is 0 Å². The van der Waals surface area contributed by atoms with Gasteiger partial charge in [0.2, 0.25) is 5.91 Å². The van der Waals surface area contributed by atoms with Gasteiger partial charge in [-0.2, -0.15) is 0 Å². The highest BCUT2D eigenvalue weighted by atomic mass is 16.7. The summed E-state index contributed by atoms with van der Waals surface area (Å²) in [6.45, 7) is 3.72. The molecule has 1 saturated heterocycles. The second kappa shape index (κ2) is 40.5. The van der Waals surface area contributed by atoms with Crippen LogP contribution in [0.15, 0.2) is 36.5 Å². The van der Waals surface area contributed by atoms with E-state index in [1.54, 1.807) is 6.08 Å². The molecule has 0 aromatic carbocycles. The van der Waals surface area contributed by atoms with Crippen LogP contribution in [0.25, 0.3) is 0 Å². The number of carbonyl (C=O) groups excluding carboxylic acids is 1. The van der Waals surface area contributed by atoms with Gasteiger partial charge in [-0.05, 0) is 57.8 Å². The summed E-state index contributed by atoms with van der Waals surface area (Å²) < 4.78 is 11.2. The van der Waals surface area contributed by atoms with Gasteiger partial charge in [0.25, 0.3) is 0 Å². The number of amides is 1. The summed E-state index contributed by atoms with van der Waals surface area (Å²) in [4.78, 5) is 12.9. The summed E-state index contributed by atoms with van der Waals surface area (Å²) in [6, 6.07) is -0.819. The van der Waals surface area contributed by atoms with Crippen molar-refractivity contribution in [3.63, 3.8) is 0 Å². The number of aliphatic hydroxyl groups is 5. The molecule has 59 heavy (non-hydrogen) atoms. The molecule has 0 saturated carbocycles. The molecule has 7 atom stereocenters. The van der Waals surface area contributed by atoms with Gasteiger partial charge in [-0.3, -0.25) is 4.79 Å². The third-order valence-electron chi connectivity index (χ3n) is 11.7. The third kappa shape index (κ3) is 31.0. The Morgan fingerprint density at radius 1 is 0.559 bits per heavy atom. The average molecular weight is 836 g/mol. The first-order valence-corrected chi connectivity index (χ1v) is 24.7. The van der Waals surface area contributed by atoms with E-state index in [2.05, 4.69) is 43.5 Å². The molecule has 9 nitrogen and oxygen atoms in total. The number of nitrogens with one attached hydrogen (secondary N) is 1. The van der Waals surface area contributed by atoms with Crippen LogP contribution in [0, 0.1) is 0 Å². The van der Waals surface area contributed by atoms with Gasteiger partial charge in [0, 0.05) is 6.42 Å². The Kier molecular flexibility index (Phi) is 38.0. The van der Waals surface area contributed by atoms with Gasteiger partial charge in [0.05, 0.1) is 25.4 Å². The highest BCUT2D eigenvalue weighted by molar-refractivity contribution is 5.76. The van der Waals surface area contributed by atoms with Crippen LogP contribution in [0.3, 0.4) is 0 Å². The second-order valence-electron chi connectivity index (χ2n) is 17.2. The fourth-order valence-electron chi connectivity index (χ4n) is 7.70. The second-order valence-corrected chi connectivity index (χ2v) is 17.2. The van der Waals surface area contributed by atoms with Gasteiger partial charge >= 0.3 is 0 Å². The summed E-state index contributed by atoms with van der Waals surface area (Å²) in [7, 11) is 0. The van der Waals surface area contributed by atoms with Gasteiger partial charge in [-0.1, -0.05) is 192 Å². The van der Waals surface area contributed by atoms with Crippen molar-refractivity contribution >= 4 is 5.91 Å². The zero-order chi connectivity index (χ0) is 43.0. The van der Waals surface area contributed by atoms with Gasteiger partial charge < -0.3 is 40.3 Å². The van der Waals surface area contributed by atoms with Crippen LogP contribution in [0.2, 0.25) is 0 Å². The maximum absolute atomic E-state index is 12.9. The Morgan fingerprint density at radius 3 is 1.44 bits per heavy atom.